The van der Waals surface area contributed by atoms with Gasteiger partial charge in [0.1, 0.15) is 5.82 Å². The number of anilines is 1. The second-order valence-electron chi connectivity index (χ2n) is 11.5. The summed E-state index contributed by atoms with van der Waals surface area (Å²) in [5, 5.41) is 4.62. The maximum atomic E-state index is 12.9. The van der Waals surface area contributed by atoms with Gasteiger partial charge in [0.25, 0.3) is 0 Å². The molecule has 1 N–H and O–H groups in total. The van der Waals surface area contributed by atoms with E-state index in [9.17, 15) is 4.79 Å². The Labute approximate surface area is 234 Å². The first-order valence-electron chi connectivity index (χ1n) is 15.0. The third-order valence-electron chi connectivity index (χ3n) is 8.62. The summed E-state index contributed by atoms with van der Waals surface area (Å²) in [6, 6.07) is 8.88. The number of carbonyl (C=O) groups is 1. The first-order valence-corrected chi connectivity index (χ1v) is 15.4. The fourth-order valence-corrected chi connectivity index (χ4v) is 6.62. The first kappa shape index (κ1) is 27.5. The van der Waals surface area contributed by atoms with E-state index in [1.165, 1.54) is 74.7 Å². The Balaban J connectivity index is 1.14. The Morgan fingerprint density at radius 3 is 2.53 bits per heavy atom. The molecule has 0 spiro atoms. The standard InChI is InChI=1S/C31H45N5OS/c1-24-21-30(35-17-19-36(20-18-35)31(37)29-10-4-5-13-32-29)33-28-12-11-25(23-27(24)28)22-26(38)9-8-16-34-14-6-2-3-7-15-34/h11-12,21,23,29,32H,2-10,13-20,22H2,1H3. The topological polar surface area (TPSA) is 51.7 Å². The lowest BCUT2D eigenvalue weighted by atomic mass is 10.0. The largest absolute Gasteiger partial charge is 0.353 e. The number of piperidine rings is 1. The summed E-state index contributed by atoms with van der Waals surface area (Å²) in [7, 11) is 0. The number of hydrogen-bond donors (Lipinski definition) is 1. The van der Waals surface area contributed by atoms with Crippen LogP contribution < -0.4 is 10.2 Å². The van der Waals surface area contributed by atoms with Gasteiger partial charge in [0.05, 0.1) is 11.6 Å². The zero-order valence-electron chi connectivity index (χ0n) is 23.2. The molecule has 1 aromatic heterocycles. The number of carbonyl (C=O) groups excluding carboxylic acids is 1. The average Bonchev–Trinajstić information content (AvgIpc) is 3.22. The number of aryl methyl sites for hydroxylation is 1. The fourth-order valence-electron chi connectivity index (χ4n) is 6.31. The van der Waals surface area contributed by atoms with Gasteiger partial charge in [0.2, 0.25) is 5.91 Å². The van der Waals surface area contributed by atoms with Crippen LogP contribution in [0, 0.1) is 6.92 Å². The molecule has 0 saturated carbocycles. The zero-order chi connectivity index (χ0) is 26.3. The van der Waals surface area contributed by atoms with E-state index >= 15 is 0 Å². The van der Waals surface area contributed by atoms with Crippen molar-refractivity contribution in [2.75, 3.05) is 57.3 Å². The first-order chi connectivity index (χ1) is 18.6. The number of pyridine rings is 1. The number of piperazine rings is 1. The summed E-state index contributed by atoms with van der Waals surface area (Å²) in [5.74, 6) is 1.30. The summed E-state index contributed by atoms with van der Waals surface area (Å²) in [6.45, 7) is 10.1. The van der Waals surface area contributed by atoms with Crippen molar-refractivity contribution >= 4 is 39.7 Å². The van der Waals surface area contributed by atoms with E-state index in [-0.39, 0.29) is 11.9 Å². The molecule has 6 nitrogen and oxygen atoms in total. The van der Waals surface area contributed by atoms with Crippen molar-refractivity contribution in [1.29, 1.82) is 0 Å². The number of hydrogen-bond acceptors (Lipinski definition) is 6. The highest BCUT2D eigenvalue weighted by Gasteiger charge is 2.28. The Kier molecular flexibility index (Phi) is 9.63. The van der Waals surface area contributed by atoms with Crippen molar-refractivity contribution < 1.29 is 4.79 Å². The molecule has 1 atom stereocenters. The molecule has 0 radical (unpaired) electrons. The van der Waals surface area contributed by atoms with Crippen LogP contribution >= 0.6 is 12.2 Å². The Morgan fingerprint density at radius 2 is 1.79 bits per heavy atom. The van der Waals surface area contributed by atoms with Gasteiger partial charge < -0.3 is 20.0 Å². The lowest BCUT2D eigenvalue weighted by Crippen LogP contribution is -2.55. The van der Waals surface area contributed by atoms with Crippen LogP contribution in [0.5, 0.6) is 0 Å². The molecule has 3 fully saturated rings. The number of benzene rings is 1. The molecule has 1 unspecified atom stereocenters. The Hall–Kier alpha value is -2.09. The van der Waals surface area contributed by atoms with Gasteiger partial charge in [-0.2, -0.15) is 0 Å². The Morgan fingerprint density at radius 1 is 1.00 bits per heavy atom. The van der Waals surface area contributed by atoms with Crippen LogP contribution in [-0.2, 0) is 11.2 Å². The molecule has 38 heavy (non-hydrogen) atoms. The number of aromatic nitrogens is 1. The van der Waals surface area contributed by atoms with Crippen molar-refractivity contribution in [3.05, 3.63) is 35.4 Å². The van der Waals surface area contributed by atoms with Crippen LogP contribution in [0.1, 0.15) is 68.9 Å². The summed E-state index contributed by atoms with van der Waals surface area (Å²) >= 11 is 5.79. The average molecular weight is 536 g/mol. The van der Waals surface area contributed by atoms with Crippen LogP contribution in [0.4, 0.5) is 5.82 Å². The van der Waals surface area contributed by atoms with Crippen LogP contribution in [0.3, 0.4) is 0 Å². The molecule has 5 rings (SSSR count). The van der Waals surface area contributed by atoms with E-state index in [0.29, 0.717) is 0 Å². The summed E-state index contributed by atoms with van der Waals surface area (Å²) in [6.07, 6.45) is 11.9. The number of nitrogens with zero attached hydrogens (tertiary/aromatic N) is 4. The molecule has 4 heterocycles. The number of nitrogens with one attached hydrogen (secondary N) is 1. The van der Waals surface area contributed by atoms with E-state index in [4.69, 9.17) is 17.2 Å². The smallest absolute Gasteiger partial charge is 0.239 e. The highest BCUT2D eigenvalue weighted by Crippen LogP contribution is 2.25. The van der Waals surface area contributed by atoms with Gasteiger partial charge in [-0.1, -0.05) is 37.5 Å². The predicted octanol–water partition coefficient (Wildman–Crippen LogP) is 4.90. The molecular weight excluding hydrogens is 490 g/mol. The molecule has 7 heteroatoms. The molecule has 206 valence electrons. The Bertz CT molecular complexity index is 1100. The van der Waals surface area contributed by atoms with Crippen molar-refractivity contribution in [2.45, 2.75) is 77.2 Å². The third kappa shape index (κ3) is 7.10. The van der Waals surface area contributed by atoms with Gasteiger partial charge >= 0.3 is 0 Å². The van der Waals surface area contributed by atoms with E-state index in [2.05, 4.69) is 46.3 Å². The predicted molar refractivity (Wildman–Crippen MR) is 161 cm³/mol. The molecule has 3 saturated heterocycles. The second-order valence-corrected chi connectivity index (χ2v) is 12.1. The molecule has 0 bridgehead atoms. The highest BCUT2D eigenvalue weighted by atomic mass is 32.1. The molecule has 2 aromatic rings. The van der Waals surface area contributed by atoms with Gasteiger partial charge in [0.15, 0.2) is 0 Å². The summed E-state index contributed by atoms with van der Waals surface area (Å²) < 4.78 is 0. The van der Waals surface area contributed by atoms with Crippen LogP contribution in [0.2, 0.25) is 0 Å². The number of amides is 1. The van der Waals surface area contributed by atoms with Gasteiger partial charge in [-0.05, 0) is 106 Å². The quantitative estimate of drug-likeness (QED) is 0.485. The maximum absolute atomic E-state index is 12.9. The van der Waals surface area contributed by atoms with Crippen LogP contribution in [0.25, 0.3) is 10.9 Å². The normalized spacial score (nSPS) is 21.4. The van der Waals surface area contributed by atoms with Gasteiger partial charge in [0, 0.05) is 38.0 Å². The lowest BCUT2D eigenvalue weighted by Gasteiger charge is -2.38. The van der Waals surface area contributed by atoms with Crippen molar-refractivity contribution in [1.82, 2.24) is 20.1 Å². The fraction of sp³-hybridized carbons (Fsp3) is 0.645. The number of thiocarbonyl (C=S) groups is 1. The van der Waals surface area contributed by atoms with E-state index in [1.807, 2.05) is 4.90 Å². The third-order valence-corrected chi connectivity index (χ3v) is 8.97. The molecule has 0 aliphatic carbocycles. The van der Waals surface area contributed by atoms with E-state index < -0.39 is 0 Å². The zero-order valence-corrected chi connectivity index (χ0v) is 24.0. The maximum Gasteiger partial charge on any atom is 0.239 e. The molecule has 1 aromatic carbocycles. The number of fused-ring (bicyclic) bond motifs is 1. The monoisotopic (exact) mass is 535 g/mol. The molecule has 1 amide bonds. The second kappa shape index (κ2) is 13.3. The lowest BCUT2D eigenvalue weighted by molar-refractivity contribution is -0.134. The van der Waals surface area contributed by atoms with Crippen molar-refractivity contribution in [3.63, 3.8) is 0 Å². The van der Waals surface area contributed by atoms with Gasteiger partial charge in [-0.15, -0.1) is 0 Å². The van der Waals surface area contributed by atoms with Gasteiger partial charge in [-0.3, -0.25) is 4.79 Å². The van der Waals surface area contributed by atoms with Crippen molar-refractivity contribution in [3.8, 4) is 0 Å². The van der Waals surface area contributed by atoms with E-state index in [1.54, 1.807) is 0 Å². The molecular formula is C31H45N5OS. The molecule has 3 aliphatic rings. The summed E-state index contributed by atoms with van der Waals surface area (Å²) in [5.41, 5.74) is 3.59. The number of rotatable bonds is 8. The van der Waals surface area contributed by atoms with Gasteiger partial charge in [-0.25, -0.2) is 4.98 Å². The van der Waals surface area contributed by atoms with Crippen LogP contribution in [0.15, 0.2) is 24.3 Å². The minimum atomic E-state index is 0.0117. The number of likely N-dealkylation sites (tertiary alicyclic amines) is 1. The van der Waals surface area contributed by atoms with Crippen molar-refractivity contribution in [2.24, 2.45) is 0 Å². The SMILES string of the molecule is Cc1cc(N2CCN(C(=O)C3CCCCN3)CC2)nc2ccc(CC(=S)CCCN3CCCCCC3)cc12. The minimum Gasteiger partial charge on any atom is -0.353 e. The van der Waals surface area contributed by atoms with Crippen LogP contribution in [-0.4, -0.2) is 84.0 Å². The van der Waals surface area contributed by atoms with E-state index in [0.717, 1.165) is 74.6 Å². The summed E-state index contributed by atoms with van der Waals surface area (Å²) in [4.78, 5) is 26.1. The minimum absolute atomic E-state index is 0.0117. The molecule has 3 aliphatic heterocycles. The highest BCUT2D eigenvalue weighted by molar-refractivity contribution is 7.80.